The second-order valence-electron chi connectivity index (χ2n) is 6.02. The van der Waals surface area contributed by atoms with E-state index in [9.17, 15) is 5.11 Å². The summed E-state index contributed by atoms with van der Waals surface area (Å²) in [4.78, 5) is 2.65. The third-order valence-electron chi connectivity index (χ3n) is 4.42. The first-order valence-corrected chi connectivity index (χ1v) is 6.91. The van der Waals surface area contributed by atoms with E-state index in [1.54, 1.807) is 0 Å². The molecule has 0 aromatic carbocycles. The SMILES string of the molecule is CC1CC(NCC(O)C2CC2)CN1C1CC1. The van der Waals surface area contributed by atoms with Crippen LogP contribution in [0.25, 0.3) is 0 Å². The Morgan fingerprint density at radius 3 is 2.69 bits per heavy atom. The number of aliphatic hydroxyl groups is 1. The van der Waals surface area contributed by atoms with Crippen molar-refractivity contribution in [3.05, 3.63) is 0 Å². The van der Waals surface area contributed by atoms with Crippen molar-refractivity contribution in [2.75, 3.05) is 13.1 Å². The van der Waals surface area contributed by atoms with Crippen LogP contribution >= 0.6 is 0 Å². The Kier molecular flexibility index (Phi) is 2.94. The highest BCUT2D eigenvalue weighted by molar-refractivity contribution is 4.96. The van der Waals surface area contributed by atoms with E-state index in [2.05, 4.69) is 17.1 Å². The first-order valence-electron chi connectivity index (χ1n) is 6.91. The zero-order chi connectivity index (χ0) is 11.1. The summed E-state index contributed by atoms with van der Waals surface area (Å²) in [6, 6.07) is 2.24. The van der Waals surface area contributed by atoms with Crippen LogP contribution in [-0.4, -0.2) is 47.3 Å². The largest absolute Gasteiger partial charge is 0.392 e. The molecule has 3 heteroatoms. The van der Waals surface area contributed by atoms with E-state index in [1.165, 1.54) is 38.6 Å². The molecule has 1 aliphatic heterocycles. The van der Waals surface area contributed by atoms with E-state index in [0.29, 0.717) is 12.0 Å². The number of hydrogen-bond acceptors (Lipinski definition) is 3. The summed E-state index contributed by atoms with van der Waals surface area (Å²) < 4.78 is 0. The van der Waals surface area contributed by atoms with Crippen LogP contribution in [0.1, 0.15) is 39.0 Å². The molecule has 92 valence electrons. The molecule has 0 bridgehead atoms. The Morgan fingerprint density at radius 2 is 2.06 bits per heavy atom. The van der Waals surface area contributed by atoms with Crippen LogP contribution in [-0.2, 0) is 0 Å². The minimum Gasteiger partial charge on any atom is -0.392 e. The number of aliphatic hydroxyl groups excluding tert-OH is 1. The van der Waals surface area contributed by atoms with Crippen LogP contribution in [0.3, 0.4) is 0 Å². The minimum atomic E-state index is -0.0923. The first-order chi connectivity index (χ1) is 7.74. The predicted octanol–water partition coefficient (Wildman–Crippen LogP) is 0.972. The van der Waals surface area contributed by atoms with Crippen LogP contribution in [0.5, 0.6) is 0 Å². The average molecular weight is 224 g/mol. The number of nitrogens with one attached hydrogen (secondary N) is 1. The fourth-order valence-corrected chi connectivity index (χ4v) is 3.05. The van der Waals surface area contributed by atoms with Crippen molar-refractivity contribution in [3.8, 4) is 0 Å². The van der Waals surface area contributed by atoms with Crippen molar-refractivity contribution in [1.82, 2.24) is 10.2 Å². The van der Waals surface area contributed by atoms with E-state index in [1.807, 2.05) is 0 Å². The maximum absolute atomic E-state index is 9.83. The van der Waals surface area contributed by atoms with Gasteiger partial charge < -0.3 is 10.4 Å². The molecule has 0 aromatic heterocycles. The monoisotopic (exact) mass is 224 g/mol. The van der Waals surface area contributed by atoms with Gasteiger partial charge in [-0.3, -0.25) is 4.90 Å². The second-order valence-corrected chi connectivity index (χ2v) is 6.02. The summed E-state index contributed by atoms with van der Waals surface area (Å²) in [6.07, 6.45) is 6.44. The third kappa shape index (κ3) is 2.41. The molecule has 3 aliphatic rings. The molecule has 2 aliphatic carbocycles. The lowest BCUT2D eigenvalue weighted by molar-refractivity contribution is 0.144. The van der Waals surface area contributed by atoms with Crippen molar-refractivity contribution in [3.63, 3.8) is 0 Å². The second kappa shape index (κ2) is 4.28. The van der Waals surface area contributed by atoms with E-state index in [-0.39, 0.29) is 6.10 Å². The molecule has 1 saturated heterocycles. The standard InChI is InChI=1S/C13H24N2O/c1-9-6-11(8-15(9)12-4-5-12)14-7-13(16)10-2-3-10/h9-14,16H,2-8H2,1H3. The Morgan fingerprint density at radius 1 is 1.31 bits per heavy atom. The fraction of sp³-hybridized carbons (Fsp3) is 1.00. The highest BCUT2D eigenvalue weighted by Gasteiger charge is 2.39. The van der Waals surface area contributed by atoms with Crippen LogP contribution in [0.4, 0.5) is 0 Å². The zero-order valence-corrected chi connectivity index (χ0v) is 10.2. The molecule has 0 amide bonds. The van der Waals surface area contributed by atoms with Crippen molar-refractivity contribution in [1.29, 1.82) is 0 Å². The van der Waals surface area contributed by atoms with E-state index in [4.69, 9.17) is 0 Å². The van der Waals surface area contributed by atoms with Gasteiger partial charge in [0.05, 0.1) is 6.10 Å². The molecule has 3 unspecified atom stereocenters. The predicted molar refractivity (Wildman–Crippen MR) is 64.3 cm³/mol. The highest BCUT2D eigenvalue weighted by atomic mass is 16.3. The summed E-state index contributed by atoms with van der Waals surface area (Å²) in [6.45, 7) is 4.35. The van der Waals surface area contributed by atoms with Gasteiger partial charge in [-0.2, -0.15) is 0 Å². The van der Waals surface area contributed by atoms with Crippen LogP contribution in [0, 0.1) is 5.92 Å². The Bertz CT molecular complexity index is 250. The first kappa shape index (κ1) is 11.0. The van der Waals surface area contributed by atoms with Crippen molar-refractivity contribution >= 4 is 0 Å². The summed E-state index contributed by atoms with van der Waals surface area (Å²) in [5.41, 5.74) is 0. The third-order valence-corrected chi connectivity index (χ3v) is 4.42. The average Bonchev–Trinajstić information content (AvgIpc) is 3.13. The van der Waals surface area contributed by atoms with E-state index in [0.717, 1.165) is 18.6 Å². The van der Waals surface area contributed by atoms with Crippen molar-refractivity contribution in [2.24, 2.45) is 5.92 Å². The van der Waals surface area contributed by atoms with Gasteiger partial charge in [0.1, 0.15) is 0 Å². The topological polar surface area (TPSA) is 35.5 Å². The molecule has 1 heterocycles. The maximum atomic E-state index is 9.83. The van der Waals surface area contributed by atoms with E-state index < -0.39 is 0 Å². The summed E-state index contributed by atoms with van der Waals surface area (Å²) in [7, 11) is 0. The molecule has 0 aromatic rings. The van der Waals surface area contributed by atoms with E-state index >= 15 is 0 Å². The summed E-state index contributed by atoms with van der Waals surface area (Å²) >= 11 is 0. The molecule has 0 spiro atoms. The highest BCUT2D eigenvalue weighted by Crippen LogP contribution is 2.34. The molecule has 3 nitrogen and oxygen atoms in total. The van der Waals surface area contributed by atoms with Gasteiger partial charge in [0, 0.05) is 31.2 Å². The number of hydrogen-bond donors (Lipinski definition) is 2. The molecule has 16 heavy (non-hydrogen) atoms. The van der Waals surface area contributed by atoms with Gasteiger partial charge in [-0.25, -0.2) is 0 Å². The molecule has 2 N–H and O–H groups in total. The molecule has 3 fully saturated rings. The van der Waals surface area contributed by atoms with Gasteiger partial charge in [-0.15, -0.1) is 0 Å². The molecule has 0 radical (unpaired) electrons. The summed E-state index contributed by atoms with van der Waals surface area (Å²) in [5.74, 6) is 0.603. The molecular weight excluding hydrogens is 200 g/mol. The lowest BCUT2D eigenvalue weighted by Crippen LogP contribution is -2.38. The van der Waals surface area contributed by atoms with Gasteiger partial charge in [-0.1, -0.05) is 0 Å². The van der Waals surface area contributed by atoms with Crippen LogP contribution < -0.4 is 5.32 Å². The molecule has 3 rings (SSSR count). The zero-order valence-electron chi connectivity index (χ0n) is 10.2. The quantitative estimate of drug-likeness (QED) is 0.730. The normalized spacial score (nSPS) is 37.9. The number of nitrogens with zero attached hydrogens (tertiary/aromatic N) is 1. The van der Waals surface area contributed by atoms with Gasteiger partial charge in [0.25, 0.3) is 0 Å². The molecule has 3 atom stereocenters. The summed E-state index contributed by atoms with van der Waals surface area (Å²) in [5, 5.41) is 13.4. The minimum absolute atomic E-state index is 0.0923. The van der Waals surface area contributed by atoms with Crippen molar-refractivity contribution < 1.29 is 5.11 Å². The van der Waals surface area contributed by atoms with Crippen LogP contribution in [0.2, 0.25) is 0 Å². The lowest BCUT2D eigenvalue weighted by atomic mass is 10.1. The smallest absolute Gasteiger partial charge is 0.0692 e. The van der Waals surface area contributed by atoms with Gasteiger partial charge >= 0.3 is 0 Å². The Balaban J connectivity index is 1.42. The Hall–Kier alpha value is -0.120. The van der Waals surface area contributed by atoms with Crippen LogP contribution in [0.15, 0.2) is 0 Å². The maximum Gasteiger partial charge on any atom is 0.0692 e. The van der Waals surface area contributed by atoms with Gasteiger partial charge in [0.15, 0.2) is 0 Å². The Labute approximate surface area is 98.2 Å². The number of rotatable bonds is 5. The lowest BCUT2D eigenvalue weighted by Gasteiger charge is -2.20. The number of likely N-dealkylation sites (tertiary alicyclic amines) is 1. The molecular formula is C13H24N2O. The van der Waals surface area contributed by atoms with Gasteiger partial charge in [0.2, 0.25) is 0 Å². The molecule has 2 saturated carbocycles. The van der Waals surface area contributed by atoms with Crippen molar-refractivity contribution in [2.45, 2.75) is 63.3 Å². The van der Waals surface area contributed by atoms with Gasteiger partial charge in [-0.05, 0) is 44.9 Å². The fourth-order valence-electron chi connectivity index (χ4n) is 3.05.